The molecule has 2 saturated carbocycles. The molecule has 2 fully saturated rings. The van der Waals surface area contributed by atoms with Crippen LogP contribution in [0.5, 0.6) is 0 Å². The summed E-state index contributed by atoms with van der Waals surface area (Å²) in [6.07, 6.45) is 14.9. The van der Waals surface area contributed by atoms with Gasteiger partial charge in [0.05, 0.1) is 0 Å². The quantitative estimate of drug-likeness (QED) is 0.544. The van der Waals surface area contributed by atoms with Crippen molar-refractivity contribution in [1.82, 2.24) is 5.32 Å². The Morgan fingerprint density at radius 2 is 1.59 bits per heavy atom. The molecule has 1 aromatic rings. The van der Waals surface area contributed by atoms with Crippen molar-refractivity contribution in [3.05, 3.63) is 59.7 Å². The zero-order valence-corrected chi connectivity index (χ0v) is 20.5. The number of benzene rings is 1. The zero-order valence-electron chi connectivity index (χ0n) is 20.5. The first-order valence-electron chi connectivity index (χ1n) is 12.6. The number of amides is 1. The van der Waals surface area contributed by atoms with Gasteiger partial charge in [0.1, 0.15) is 5.60 Å². The number of carbonyl (C=O) groups excluding carboxylic acids is 1. The van der Waals surface area contributed by atoms with Crippen LogP contribution < -0.4 is 5.32 Å². The van der Waals surface area contributed by atoms with Crippen molar-refractivity contribution >= 4 is 6.09 Å². The van der Waals surface area contributed by atoms with Gasteiger partial charge in [-0.1, -0.05) is 61.1 Å². The van der Waals surface area contributed by atoms with Crippen LogP contribution in [0.25, 0.3) is 0 Å². The third-order valence-electron chi connectivity index (χ3n) is 7.79. The van der Waals surface area contributed by atoms with E-state index in [0.717, 1.165) is 12.8 Å². The van der Waals surface area contributed by atoms with Gasteiger partial charge < -0.3 is 10.1 Å². The molecule has 3 nitrogen and oxygen atoms in total. The van der Waals surface area contributed by atoms with Crippen LogP contribution in [0.2, 0.25) is 0 Å². The first-order chi connectivity index (χ1) is 15.2. The maximum Gasteiger partial charge on any atom is 0.407 e. The normalized spacial score (nSPS) is 32.9. The number of hydrogen-bond donors (Lipinski definition) is 1. The van der Waals surface area contributed by atoms with E-state index in [2.05, 4.69) is 67.7 Å². The molecule has 4 rings (SSSR count). The molecule has 1 amide bonds. The predicted octanol–water partition coefficient (Wildman–Crippen LogP) is 7.18. The molecule has 3 heteroatoms. The molecule has 0 bridgehead atoms. The molecule has 1 aromatic carbocycles. The monoisotopic (exact) mass is 435 g/mol. The second kappa shape index (κ2) is 9.45. The number of nitrogens with one attached hydrogen (secondary N) is 1. The molecule has 3 aliphatic rings. The Hall–Kier alpha value is -2.03. The summed E-state index contributed by atoms with van der Waals surface area (Å²) in [7, 11) is 0. The summed E-state index contributed by atoms with van der Waals surface area (Å²) in [6.45, 7) is 10.3. The van der Waals surface area contributed by atoms with E-state index in [0.29, 0.717) is 35.5 Å². The number of rotatable bonds is 4. The van der Waals surface area contributed by atoms with Crippen molar-refractivity contribution in [2.75, 3.05) is 0 Å². The van der Waals surface area contributed by atoms with Gasteiger partial charge in [0.15, 0.2) is 0 Å². The first-order valence-corrected chi connectivity index (χ1v) is 12.6. The Balaban J connectivity index is 1.49. The minimum Gasteiger partial charge on any atom is -0.444 e. The molecule has 32 heavy (non-hydrogen) atoms. The smallest absolute Gasteiger partial charge is 0.407 e. The van der Waals surface area contributed by atoms with Crippen molar-refractivity contribution in [2.24, 2.45) is 29.6 Å². The molecule has 174 valence electrons. The van der Waals surface area contributed by atoms with Crippen LogP contribution in [0, 0.1) is 36.5 Å². The summed E-state index contributed by atoms with van der Waals surface area (Å²) < 4.78 is 5.56. The van der Waals surface area contributed by atoms with E-state index >= 15 is 0 Å². The van der Waals surface area contributed by atoms with Crippen LogP contribution in [0.4, 0.5) is 4.79 Å². The molecular weight excluding hydrogens is 394 g/mol. The Morgan fingerprint density at radius 3 is 2.25 bits per heavy atom. The van der Waals surface area contributed by atoms with Crippen LogP contribution in [-0.4, -0.2) is 17.7 Å². The lowest BCUT2D eigenvalue weighted by atomic mass is 9.68. The number of carbonyl (C=O) groups is 1. The summed E-state index contributed by atoms with van der Waals surface area (Å²) >= 11 is 0. The standard InChI is InChI=1S/C29H41NO2/c1-19-10-12-21(13-11-19)23-17-26(22-8-6-7-9-22)27(18-23)24-14-20(2)15-25(16-24)30-28(31)32-29(3,4)5/h6-13,20,22-27H,14-18H2,1-5H3,(H,30,31)/t20-,23+,24?,25+,26-,27-/m0/s1. The zero-order chi connectivity index (χ0) is 22.9. The van der Waals surface area contributed by atoms with Crippen molar-refractivity contribution in [3.63, 3.8) is 0 Å². The van der Waals surface area contributed by atoms with Gasteiger partial charge in [-0.05, 0) is 101 Å². The molecule has 3 aliphatic carbocycles. The minimum absolute atomic E-state index is 0.215. The fraction of sp³-hybridized carbons (Fsp3) is 0.621. The highest BCUT2D eigenvalue weighted by Gasteiger charge is 2.44. The largest absolute Gasteiger partial charge is 0.444 e. The lowest BCUT2D eigenvalue weighted by Gasteiger charge is -2.40. The highest BCUT2D eigenvalue weighted by molar-refractivity contribution is 5.68. The first kappa shape index (κ1) is 23.1. The Bertz CT molecular complexity index is 835. The summed E-state index contributed by atoms with van der Waals surface area (Å²) in [6, 6.07) is 9.42. The third-order valence-corrected chi connectivity index (χ3v) is 7.79. The molecule has 0 saturated heterocycles. The number of ether oxygens (including phenoxy) is 1. The van der Waals surface area contributed by atoms with Crippen molar-refractivity contribution in [2.45, 2.75) is 84.3 Å². The van der Waals surface area contributed by atoms with E-state index in [1.165, 1.54) is 30.4 Å². The summed E-state index contributed by atoms with van der Waals surface area (Å²) in [5.74, 6) is 3.87. The maximum absolute atomic E-state index is 12.4. The van der Waals surface area contributed by atoms with Crippen LogP contribution in [0.1, 0.15) is 76.8 Å². The molecule has 6 atom stereocenters. The highest BCUT2D eigenvalue weighted by atomic mass is 16.6. The van der Waals surface area contributed by atoms with Crippen molar-refractivity contribution in [1.29, 1.82) is 0 Å². The van der Waals surface area contributed by atoms with Crippen LogP contribution in [-0.2, 0) is 4.74 Å². The molecule has 0 heterocycles. The topological polar surface area (TPSA) is 38.3 Å². The van der Waals surface area contributed by atoms with Gasteiger partial charge in [-0.15, -0.1) is 0 Å². The molecular formula is C29H41NO2. The van der Waals surface area contributed by atoms with Gasteiger partial charge in [-0.3, -0.25) is 0 Å². The molecule has 0 aliphatic heterocycles. The third kappa shape index (κ3) is 5.66. The van der Waals surface area contributed by atoms with E-state index in [1.54, 1.807) is 0 Å². The van der Waals surface area contributed by atoms with Gasteiger partial charge in [-0.25, -0.2) is 4.79 Å². The Morgan fingerprint density at radius 1 is 0.938 bits per heavy atom. The lowest BCUT2D eigenvalue weighted by Crippen LogP contribution is -2.44. The van der Waals surface area contributed by atoms with E-state index in [-0.39, 0.29) is 12.1 Å². The summed E-state index contributed by atoms with van der Waals surface area (Å²) in [5.41, 5.74) is 2.38. The van der Waals surface area contributed by atoms with E-state index in [1.807, 2.05) is 20.8 Å². The molecule has 0 aromatic heterocycles. The maximum atomic E-state index is 12.4. The van der Waals surface area contributed by atoms with Gasteiger partial charge in [0.25, 0.3) is 0 Å². The number of allylic oxidation sites excluding steroid dienone is 4. The van der Waals surface area contributed by atoms with Crippen LogP contribution >= 0.6 is 0 Å². The van der Waals surface area contributed by atoms with E-state index < -0.39 is 5.60 Å². The van der Waals surface area contributed by atoms with Gasteiger partial charge >= 0.3 is 6.09 Å². The number of hydrogen-bond acceptors (Lipinski definition) is 2. The summed E-state index contributed by atoms with van der Waals surface area (Å²) in [4.78, 5) is 12.4. The number of aryl methyl sites for hydroxylation is 1. The second-order valence-electron chi connectivity index (χ2n) is 11.7. The second-order valence-corrected chi connectivity index (χ2v) is 11.7. The Labute approximate surface area is 194 Å². The lowest BCUT2D eigenvalue weighted by molar-refractivity contribution is 0.0452. The number of alkyl carbamates (subject to hydrolysis) is 1. The van der Waals surface area contributed by atoms with Crippen LogP contribution in [0.15, 0.2) is 48.6 Å². The molecule has 0 spiro atoms. The van der Waals surface area contributed by atoms with E-state index in [9.17, 15) is 4.79 Å². The fourth-order valence-electron chi connectivity index (χ4n) is 6.53. The molecule has 1 N–H and O–H groups in total. The van der Waals surface area contributed by atoms with Crippen molar-refractivity contribution < 1.29 is 9.53 Å². The molecule has 0 radical (unpaired) electrons. The van der Waals surface area contributed by atoms with Gasteiger partial charge in [-0.2, -0.15) is 0 Å². The van der Waals surface area contributed by atoms with Gasteiger partial charge in [0, 0.05) is 6.04 Å². The van der Waals surface area contributed by atoms with E-state index in [4.69, 9.17) is 4.74 Å². The van der Waals surface area contributed by atoms with Crippen LogP contribution in [0.3, 0.4) is 0 Å². The Kier molecular flexibility index (Phi) is 6.83. The highest BCUT2D eigenvalue weighted by Crippen LogP contribution is 2.53. The average Bonchev–Trinajstić information content (AvgIpc) is 3.36. The predicted molar refractivity (Wildman–Crippen MR) is 132 cm³/mol. The SMILES string of the molecule is Cc1ccc([C@@H]2C[C@@H](C3C=CC=C3)[C@H](C3C[C@H](C)C[C@@H](NC(=O)OC(C)(C)C)C3)C2)cc1. The van der Waals surface area contributed by atoms with Gasteiger partial charge in [0.2, 0.25) is 0 Å². The fourth-order valence-corrected chi connectivity index (χ4v) is 6.53. The van der Waals surface area contributed by atoms with Crippen molar-refractivity contribution in [3.8, 4) is 0 Å². The molecule has 1 unspecified atom stereocenters. The average molecular weight is 436 g/mol. The summed E-state index contributed by atoms with van der Waals surface area (Å²) in [5, 5.41) is 3.20. The minimum atomic E-state index is -0.456.